The van der Waals surface area contributed by atoms with Crippen LogP contribution in [0.1, 0.15) is 18.9 Å². The molecule has 1 amide bonds. The molecular weight excluding hydrogens is 256 g/mol. The predicted molar refractivity (Wildman–Crippen MR) is 79.7 cm³/mol. The summed E-state index contributed by atoms with van der Waals surface area (Å²) >= 11 is 0. The fourth-order valence-electron chi connectivity index (χ4n) is 1.81. The van der Waals surface area contributed by atoms with Gasteiger partial charge in [-0.3, -0.25) is 4.79 Å². The lowest BCUT2D eigenvalue weighted by Crippen LogP contribution is -2.35. The van der Waals surface area contributed by atoms with Crippen LogP contribution in [0.2, 0.25) is 0 Å². The van der Waals surface area contributed by atoms with Gasteiger partial charge in [0, 0.05) is 25.9 Å². The summed E-state index contributed by atoms with van der Waals surface area (Å²) in [6.45, 7) is 4.21. The summed E-state index contributed by atoms with van der Waals surface area (Å²) in [6.07, 6.45) is 0.891. The second-order valence-electron chi connectivity index (χ2n) is 4.46. The highest BCUT2D eigenvalue weighted by atomic mass is 16.5. The van der Waals surface area contributed by atoms with Gasteiger partial charge in [0.15, 0.2) is 0 Å². The number of hydrogen-bond donors (Lipinski definition) is 1. The lowest BCUT2D eigenvalue weighted by molar-refractivity contribution is -0.123. The molecule has 0 aliphatic rings. The second-order valence-corrected chi connectivity index (χ2v) is 4.46. The van der Waals surface area contributed by atoms with E-state index in [9.17, 15) is 4.79 Å². The molecule has 5 nitrogen and oxygen atoms in total. The summed E-state index contributed by atoms with van der Waals surface area (Å²) in [6, 6.07) is 7.73. The number of carbonyl (C=O) groups is 1. The van der Waals surface area contributed by atoms with Crippen molar-refractivity contribution in [3.63, 3.8) is 0 Å². The number of anilines is 1. The van der Waals surface area contributed by atoms with Crippen molar-refractivity contribution in [1.29, 1.82) is 0 Å². The summed E-state index contributed by atoms with van der Waals surface area (Å²) in [5.74, 6) is -0.0385. The standard InChI is InChI=1S/C15H24N2O3/c1-3-8-17(15(18)12-20-10-9-19-2)14-6-4-13(11-16)5-7-14/h4-7H,3,8-12,16H2,1-2H3. The first-order valence-corrected chi connectivity index (χ1v) is 6.89. The van der Waals surface area contributed by atoms with Gasteiger partial charge in [-0.25, -0.2) is 0 Å². The van der Waals surface area contributed by atoms with Crippen LogP contribution in [0.15, 0.2) is 24.3 Å². The van der Waals surface area contributed by atoms with Crippen LogP contribution in [0.4, 0.5) is 5.69 Å². The summed E-state index contributed by atoms with van der Waals surface area (Å²) < 4.78 is 10.2. The van der Waals surface area contributed by atoms with Crippen LogP contribution in [-0.2, 0) is 20.8 Å². The maximum Gasteiger partial charge on any atom is 0.252 e. The van der Waals surface area contributed by atoms with E-state index in [2.05, 4.69) is 0 Å². The second kappa shape index (κ2) is 9.47. The van der Waals surface area contributed by atoms with Crippen LogP contribution in [0.5, 0.6) is 0 Å². The van der Waals surface area contributed by atoms with Crippen LogP contribution in [0.3, 0.4) is 0 Å². The molecule has 0 bridgehead atoms. The largest absolute Gasteiger partial charge is 0.382 e. The van der Waals surface area contributed by atoms with Crippen molar-refractivity contribution in [3.8, 4) is 0 Å². The van der Waals surface area contributed by atoms with E-state index < -0.39 is 0 Å². The van der Waals surface area contributed by atoms with Crippen molar-refractivity contribution in [2.45, 2.75) is 19.9 Å². The topological polar surface area (TPSA) is 64.8 Å². The molecule has 0 saturated carbocycles. The Kier molecular flexibility index (Phi) is 7.87. The zero-order valence-corrected chi connectivity index (χ0v) is 12.3. The van der Waals surface area contributed by atoms with Crippen LogP contribution < -0.4 is 10.6 Å². The van der Waals surface area contributed by atoms with Gasteiger partial charge in [-0.2, -0.15) is 0 Å². The number of ether oxygens (including phenoxy) is 2. The van der Waals surface area contributed by atoms with Gasteiger partial charge in [-0.05, 0) is 24.1 Å². The van der Waals surface area contributed by atoms with E-state index in [1.54, 1.807) is 12.0 Å². The Morgan fingerprint density at radius 2 is 1.95 bits per heavy atom. The SMILES string of the molecule is CCCN(C(=O)COCCOC)c1ccc(CN)cc1. The van der Waals surface area contributed by atoms with E-state index in [0.29, 0.717) is 26.3 Å². The number of methoxy groups -OCH3 is 1. The molecule has 0 unspecified atom stereocenters. The first kappa shape index (κ1) is 16.6. The third kappa shape index (κ3) is 5.28. The van der Waals surface area contributed by atoms with E-state index >= 15 is 0 Å². The predicted octanol–water partition coefficient (Wildman–Crippen LogP) is 1.55. The number of hydrogen-bond acceptors (Lipinski definition) is 4. The fourth-order valence-corrected chi connectivity index (χ4v) is 1.81. The van der Waals surface area contributed by atoms with E-state index in [4.69, 9.17) is 15.2 Å². The fraction of sp³-hybridized carbons (Fsp3) is 0.533. The summed E-state index contributed by atoms with van der Waals surface area (Å²) in [5, 5.41) is 0. The summed E-state index contributed by atoms with van der Waals surface area (Å²) in [7, 11) is 1.60. The molecule has 5 heteroatoms. The third-order valence-electron chi connectivity index (χ3n) is 2.89. The van der Waals surface area contributed by atoms with Crippen molar-refractivity contribution >= 4 is 11.6 Å². The quantitative estimate of drug-likeness (QED) is 0.697. The molecule has 1 rings (SSSR count). The van der Waals surface area contributed by atoms with Gasteiger partial charge in [0.25, 0.3) is 5.91 Å². The Morgan fingerprint density at radius 3 is 2.50 bits per heavy atom. The van der Waals surface area contributed by atoms with Crippen molar-refractivity contribution in [2.24, 2.45) is 5.73 Å². The van der Waals surface area contributed by atoms with Crippen molar-refractivity contribution in [2.75, 3.05) is 38.4 Å². The number of carbonyl (C=O) groups excluding carboxylic acids is 1. The maximum atomic E-state index is 12.2. The average molecular weight is 280 g/mol. The maximum absolute atomic E-state index is 12.2. The van der Waals surface area contributed by atoms with E-state index in [1.165, 1.54) is 0 Å². The van der Waals surface area contributed by atoms with Gasteiger partial charge < -0.3 is 20.1 Å². The highest BCUT2D eigenvalue weighted by molar-refractivity contribution is 5.94. The van der Waals surface area contributed by atoms with Gasteiger partial charge in [-0.1, -0.05) is 19.1 Å². The smallest absolute Gasteiger partial charge is 0.252 e. The first-order valence-electron chi connectivity index (χ1n) is 6.89. The number of rotatable bonds is 9. The van der Waals surface area contributed by atoms with Crippen LogP contribution >= 0.6 is 0 Å². The van der Waals surface area contributed by atoms with Crippen molar-refractivity contribution < 1.29 is 14.3 Å². The van der Waals surface area contributed by atoms with E-state index in [-0.39, 0.29) is 12.5 Å². The van der Waals surface area contributed by atoms with Gasteiger partial charge >= 0.3 is 0 Å². The molecule has 0 aliphatic carbocycles. The van der Waals surface area contributed by atoms with Gasteiger partial charge in [-0.15, -0.1) is 0 Å². The molecule has 2 N–H and O–H groups in total. The average Bonchev–Trinajstić information content (AvgIpc) is 2.49. The zero-order valence-electron chi connectivity index (χ0n) is 12.3. The molecule has 0 radical (unpaired) electrons. The Labute approximate surface area is 120 Å². The van der Waals surface area contributed by atoms with Crippen LogP contribution in [-0.4, -0.2) is 39.4 Å². The number of amides is 1. The number of nitrogens with two attached hydrogens (primary N) is 1. The monoisotopic (exact) mass is 280 g/mol. The molecule has 0 heterocycles. The Morgan fingerprint density at radius 1 is 1.25 bits per heavy atom. The Balaban J connectivity index is 2.63. The molecular formula is C15H24N2O3. The minimum absolute atomic E-state index is 0.0385. The lowest BCUT2D eigenvalue weighted by atomic mass is 10.2. The Bertz CT molecular complexity index is 393. The van der Waals surface area contributed by atoms with E-state index in [1.807, 2.05) is 31.2 Å². The molecule has 0 aromatic heterocycles. The molecule has 112 valence electrons. The molecule has 0 atom stereocenters. The number of nitrogens with zero attached hydrogens (tertiary/aromatic N) is 1. The van der Waals surface area contributed by atoms with E-state index in [0.717, 1.165) is 17.7 Å². The van der Waals surface area contributed by atoms with Gasteiger partial charge in [0.05, 0.1) is 13.2 Å². The molecule has 1 aromatic rings. The summed E-state index contributed by atoms with van der Waals surface area (Å²) in [4.78, 5) is 13.9. The van der Waals surface area contributed by atoms with Crippen molar-refractivity contribution in [1.82, 2.24) is 0 Å². The molecule has 20 heavy (non-hydrogen) atoms. The van der Waals surface area contributed by atoms with Gasteiger partial charge in [0.1, 0.15) is 6.61 Å². The molecule has 0 aliphatic heterocycles. The normalized spacial score (nSPS) is 10.6. The molecule has 0 fully saturated rings. The minimum Gasteiger partial charge on any atom is -0.382 e. The zero-order chi connectivity index (χ0) is 14.8. The molecule has 0 saturated heterocycles. The lowest BCUT2D eigenvalue weighted by Gasteiger charge is -2.22. The summed E-state index contributed by atoms with van der Waals surface area (Å²) in [5.41, 5.74) is 7.51. The van der Waals surface area contributed by atoms with Crippen LogP contribution in [0, 0.1) is 0 Å². The highest BCUT2D eigenvalue weighted by Gasteiger charge is 2.14. The first-order chi connectivity index (χ1) is 9.72. The highest BCUT2D eigenvalue weighted by Crippen LogP contribution is 2.16. The molecule has 1 aromatic carbocycles. The third-order valence-corrected chi connectivity index (χ3v) is 2.89. The van der Waals surface area contributed by atoms with Crippen LogP contribution in [0.25, 0.3) is 0 Å². The number of benzene rings is 1. The van der Waals surface area contributed by atoms with Gasteiger partial charge in [0.2, 0.25) is 0 Å². The molecule has 0 spiro atoms. The van der Waals surface area contributed by atoms with Crippen molar-refractivity contribution in [3.05, 3.63) is 29.8 Å². The Hall–Kier alpha value is -1.43. The minimum atomic E-state index is -0.0385.